The molecule has 0 saturated carbocycles. The lowest BCUT2D eigenvalue weighted by atomic mass is 10.1. The van der Waals surface area contributed by atoms with Gasteiger partial charge in [-0.3, -0.25) is 4.98 Å². The van der Waals surface area contributed by atoms with Crippen LogP contribution >= 0.6 is 11.3 Å². The van der Waals surface area contributed by atoms with Crippen molar-refractivity contribution in [3.63, 3.8) is 0 Å². The molecule has 4 rings (SSSR count). The van der Waals surface area contributed by atoms with E-state index in [1.54, 1.807) is 18.6 Å². The summed E-state index contributed by atoms with van der Waals surface area (Å²) in [5.41, 5.74) is 2.35. The van der Waals surface area contributed by atoms with Crippen molar-refractivity contribution >= 4 is 11.3 Å². The Morgan fingerprint density at radius 2 is 2.22 bits per heavy atom. The monoisotopic (exact) mass is 324 g/mol. The smallest absolute Gasteiger partial charge is 0.143 e. The first-order chi connectivity index (χ1) is 11.3. The number of thiazole rings is 1. The van der Waals surface area contributed by atoms with E-state index in [1.807, 2.05) is 24.3 Å². The fraction of sp³-hybridized carbons (Fsp3) is 0.188. The van der Waals surface area contributed by atoms with Gasteiger partial charge in [0.05, 0.1) is 17.2 Å². The molecule has 0 aliphatic carbocycles. The van der Waals surface area contributed by atoms with Crippen LogP contribution in [0.3, 0.4) is 0 Å². The predicted octanol–water partition coefficient (Wildman–Crippen LogP) is 3.86. The second kappa shape index (κ2) is 5.85. The summed E-state index contributed by atoms with van der Waals surface area (Å²) in [5.74, 6) is 0.640. The number of rotatable bonds is 3. The first-order valence-corrected chi connectivity index (χ1v) is 7.99. The molecule has 0 bridgehead atoms. The van der Waals surface area contributed by atoms with E-state index >= 15 is 0 Å². The fourth-order valence-corrected chi connectivity index (χ4v) is 3.37. The van der Waals surface area contributed by atoms with Crippen molar-refractivity contribution in [2.75, 3.05) is 6.61 Å². The summed E-state index contributed by atoms with van der Waals surface area (Å²) in [6, 6.07) is 7.14. The van der Waals surface area contributed by atoms with E-state index in [1.165, 1.54) is 11.3 Å². The van der Waals surface area contributed by atoms with Crippen molar-refractivity contribution in [1.29, 1.82) is 0 Å². The van der Waals surface area contributed by atoms with Gasteiger partial charge in [0.2, 0.25) is 0 Å². The molecule has 3 aromatic rings. The molecule has 0 N–H and O–H groups in total. The average molecular weight is 324 g/mol. The molecule has 0 amide bonds. The molecule has 1 aliphatic heterocycles. The molecule has 0 fully saturated rings. The summed E-state index contributed by atoms with van der Waals surface area (Å²) in [7, 11) is 0. The van der Waals surface area contributed by atoms with Gasteiger partial charge in [0.1, 0.15) is 22.5 Å². The zero-order chi connectivity index (χ0) is 15.6. The highest BCUT2D eigenvalue weighted by Crippen LogP contribution is 2.37. The molecule has 1 atom stereocenters. The molecule has 23 heavy (non-hydrogen) atoms. The lowest BCUT2D eigenvalue weighted by Crippen LogP contribution is -2.14. The maximum absolute atomic E-state index is 11.0. The van der Waals surface area contributed by atoms with Crippen LogP contribution in [0.1, 0.15) is 18.2 Å². The molecule has 1 unspecified atom stereocenters. The molecule has 4 heterocycles. The van der Waals surface area contributed by atoms with Crippen molar-refractivity contribution < 1.29 is 4.74 Å². The lowest BCUT2D eigenvalue weighted by molar-refractivity contribution is 0.265. The first-order valence-electron chi connectivity index (χ1n) is 7.18. The Hall–Kier alpha value is -2.67. The minimum atomic E-state index is -0.440. The summed E-state index contributed by atoms with van der Waals surface area (Å²) in [6.07, 6.45) is 5.87. The molecular weight excluding hydrogens is 312 g/mol. The summed E-state index contributed by atoms with van der Waals surface area (Å²) >= 11 is 1.54. The van der Waals surface area contributed by atoms with Crippen LogP contribution in [-0.4, -0.2) is 21.6 Å². The number of ether oxygens (including phenoxy) is 1. The number of hydrogen-bond acceptors (Lipinski definition) is 7. The van der Waals surface area contributed by atoms with E-state index < -0.39 is 6.04 Å². The van der Waals surface area contributed by atoms with Crippen LogP contribution in [0.25, 0.3) is 21.1 Å². The third-order valence-electron chi connectivity index (χ3n) is 3.64. The second-order valence-electron chi connectivity index (χ2n) is 5.11. The van der Waals surface area contributed by atoms with Gasteiger partial charge in [-0.05, 0) is 24.3 Å². The molecule has 114 valence electrons. The number of pyridine rings is 2. The normalized spacial score (nSPS) is 16.4. The summed E-state index contributed by atoms with van der Waals surface area (Å²) in [6.45, 7) is 0.496. The van der Waals surface area contributed by atoms with Crippen LogP contribution in [0.2, 0.25) is 0 Å². The Kier molecular flexibility index (Phi) is 3.55. The minimum absolute atomic E-state index is 0.440. The van der Waals surface area contributed by atoms with Crippen LogP contribution in [0.15, 0.2) is 48.0 Å². The Morgan fingerprint density at radius 3 is 3.04 bits per heavy atom. The fourth-order valence-electron chi connectivity index (χ4n) is 2.50. The van der Waals surface area contributed by atoms with Gasteiger partial charge in [-0.25, -0.2) is 9.97 Å². The highest BCUT2D eigenvalue weighted by atomic mass is 32.1. The topological polar surface area (TPSA) is 77.3 Å². The Labute approximate surface area is 136 Å². The predicted molar refractivity (Wildman–Crippen MR) is 87.2 cm³/mol. The van der Waals surface area contributed by atoms with E-state index in [-0.39, 0.29) is 0 Å². The SMILES string of the molecule is O=NC1CCOc2ccc(-c3cnc(-c4cccnc4)s3)nc21. The van der Waals surface area contributed by atoms with Gasteiger partial charge >= 0.3 is 0 Å². The zero-order valence-corrected chi connectivity index (χ0v) is 12.9. The van der Waals surface area contributed by atoms with E-state index in [4.69, 9.17) is 4.74 Å². The highest BCUT2D eigenvalue weighted by Gasteiger charge is 2.24. The quantitative estimate of drug-likeness (QED) is 0.684. The number of fused-ring (bicyclic) bond motifs is 1. The van der Waals surface area contributed by atoms with E-state index in [0.29, 0.717) is 24.5 Å². The molecular formula is C16H12N4O2S. The van der Waals surface area contributed by atoms with Gasteiger partial charge in [0, 0.05) is 30.6 Å². The van der Waals surface area contributed by atoms with Crippen LogP contribution in [0.5, 0.6) is 5.75 Å². The molecule has 0 aromatic carbocycles. The second-order valence-corrected chi connectivity index (χ2v) is 6.14. The molecule has 3 aromatic heterocycles. The number of aromatic nitrogens is 3. The number of hydrogen-bond donors (Lipinski definition) is 0. The van der Waals surface area contributed by atoms with Gasteiger partial charge in [-0.15, -0.1) is 11.3 Å². The molecule has 0 spiro atoms. The van der Waals surface area contributed by atoms with Gasteiger partial charge in [-0.1, -0.05) is 5.18 Å². The molecule has 6 nitrogen and oxygen atoms in total. The first kappa shape index (κ1) is 14.0. The summed E-state index contributed by atoms with van der Waals surface area (Å²) < 4.78 is 5.54. The maximum Gasteiger partial charge on any atom is 0.143 e. The third-order valence-corrected chi connectivity index (χ3v) is 4.71. The maximum atomic E-state index is 11.0. The van der Waals surface area contributed by atoms with Crippen molar-refractivity contribution in [3.05, 3.63) is 53.5 Å². The van der Waals surface area contributed by atoms with Gasteiger partial charge in [0.25, 0.3) is 0 Å². The molecule has 1 aliphatic rings. The van der Waals surface area contributed by atoms with Crippen LogP contribution in [0, 0.1) is 4.91 Å². The lowest BCUT2D eigenvalue weighted by Gasteiger charge is -2.20. The largest absolute Gasteiger partial charge is 0.491 e. The standard InChI is InChI=1S/C16H12N4O2S/c21-20-12-5-7-22-13-4-3-11(19-15(12)13)14-9-18-16(23-14)10-2-1-6-17-8-10/h1-4,6,8-9,12H,5,7H2. The number of nitroso groups, excluding NO2 is 1. The van der Waals surface area contributed by atoms with Gasteiger partial charge in [-0.2, -0.15) is 4.91 Å². The van der Waals surface area contributed by atoms with Crippen molar-refractivity contribution in [2.45, 2.75) is 12.5 Å². The Morgan fingerprint density at radius 1 is 1.26 bits per heavy atom. The Bertz CT molecular complexity index is 850. The van der Waals surface area contributed by atoms with Crippen molar-refractivity contribution in [2.24, 2.45) is 5.18 Å². The molecule has 0 radical (unpaired) electrons. The average Bonchev–Trinajstić information content (AvgIpc) is 3.11. The van der Waals surface area contributed by atoms with E-state index in [2.05, 4.69) is 20.1 Å². The highest BCUT2D eigenvalue weighted by molar-refractivity contribution is 7.18. The number of nitrogens with zero attached hydrogens (tertiary/aromatic N) is 4. The zero-order valence-electron chi connectivity index (χ0n) is 12.0. The Balaban J connectivity index is 1.72. The van der Waals surface area contributed by atoms with Crippen LogP contribution in [0.4, 0.5) is 0 Å². The van der Waals surface area contributed by atoms with Crippen LogP contribution < -0.4 is 4.74 Å². The van der Waals surface area contributed by atoms with E-state index in [9.17, 15) is 4.91 Å². The van der Waals surface area contributed by atoms with Crippen molar-refractivity contribution in [1.82, 2.24) is 15.0 Å². The van der Waals surface area contributed by atoms with Gasteiger partial charge in [0.15, 0.2) is 0 Å². The molecule has 7 heteroatoms. The minimum Gasteiger partial charge on any atom is -0.491 e. The summed E-state index contributed by atoms with van der Waals surface area (Å²) in [4.78, 5) is 25.1. The third kappa shape index (κ3) is 2.59. The molecule has 0 saturated heterocycles. The van der Waals surface area contributed by atoms with E-state index in [0.717, 1.165) is 21.1 Å². The van der Waals surface area contributed by atoms with Crippen molar-refractivity contribution in [3.8, 4) is 26.9 Å². The summed E-state index contributed by atoms with van der Waals surface area (Å²) in [5, 5.41) is 4.05. The van der Waals surface area contributed by atoms with Crippen LogP contribution in [-0.2, 0) is 0 Å². The van der Waals surface area contributed by atoms with Gasteiger partial charge < -0.3 is 4.74 Å².